The maximum atomic E-state index is 5.71. The van der Waals surface area contributed by atoms with E-state index in [0.29, 0.717) is 0 Å². The zero-order chi connectivity index (χ0) is 10.8. The Hall–Kier alpha value is -0.249. The smallest absolute Gasteiger partial charge is 0.337 e. The average molecular weight is 256 g/mol. The molecule has 1 fully saturated rings. The molecule has 0 aliphatic carbocycles. The Bertz CT molecular complexity index is 364. The minimum Gasteiger partial charge on any atom is -0.425 e. The molecule has 0 bridgehead atoms. The van der Waals surface area contributed by atoms with E-state index in [9.17, 15) is 0 Å². The van der Waals surface area contributed by atoms with Crippen molar-refractivity contribution in [1.29, 1.82) is 0 Å². The third kappa shape index (κ3) is 2.30. The summed E-state index contributed by atoms with van der Waals surface area (Å²) in [5.41, 5.74) is 4.05. The summed E-state index contributed by atoms with van der Waals surface area (Å²) in [6.45, 7) is 6.47. The summed E-state index contributed by atoms with van der Waals surface area (Å²) in [7, 11) is -3.02. The number of hydrogen-bond acceptors (Lipinski definition) is 3. The monoisotopic (exact) mass is 256 g/mol. The Balaban J connectivity index is 2.31. The fourth-order valence-electron chi connectivity index (χ4n) is 1.71. The molecule has 0 N–H and O–H groups in total. The molecule has 0 amide bonds. The van der Waals surface area contributed by atoms with Crippen LogP contribution < -0.4 is 5.19 Å². The van der Waals surface area contributed by atoms with Gasteiger partial charge in [0, 0.05) is 0 Å². The summed E-state index contributed by atoms with van der Waals surface area (Å²) < 4.78 is 16.7. The lowest BCUT2D eigenvalue weighted by Crippen LogP contribution is -2.45. The molecule has 15 heavy (non-hydrogen) atoms. The minimum atomic E-state index is -1.57. The van der Waals surface area contributed by atoms with Crippen LogP contribution in [-0.2, 0) is 12.3 Å². The zero-order valence-electron chi connectivity index (χ0n) is 9.37. The fourth-order valence-corrected chi connectivity index (χ4v) is 8.99. The Labute approximate surface area is 96.7 Å². The van der Waals surface area contributed by atoms with Crippen LogP contribution in [0.2, 0.25) is 0 Å². The van der Waals surface area contributed by atoms with Gasteiger partial charge in [-0.2, -0.15) is 0 Å². The van der Waals surface area contributed by atoms with Gasteiger partial charge in [-0.25, -0.2) is 0 Å². The van der Waals surface area contributed by atoms with Gasteiger partial charge in [-0.1, -0.05) is 12.1 Å². The van der Waals surface area contributed by atoms with Crippen molar-refractivity contribution in [2.24, 2.45) is 0 Å². The maximum absolute atomic E-state index is 5.71. The van der Waals surface area contributed by atoms with Crippen molar-refractivity contribution < 1.29 is 12.3 Å². The highest BCUT2D eigenvalue weighted by Crippen LogP contribution is 2.11. The Morgan fingerprint density at radius 2 is 1.67 bits per heavy atom. The van der Waals surface area contributed by atoms with E-state index in [0.717, 1.165) is 0 Å². The van der Waals surface area contributed by atoms with Crippen LogP contribution in [-0.4, -0.2) is 29.3 Å². The normalized spacial score (nSPS) is 24.9. The second-order valence-electron chi connectivity index (χ2n) is 3.83. The van der Waals surface area contributed by atoms with Crippen LogP contribution in [0.1, 0.15) is 16.7 Å². The molecule has 0 radical (unpaired) electrons. The Morgan fingerprint density at radius 3 is 2.33 bits per heavy atom. The third-order valence-corrected chi connectivity index (χ3v) is 8.94. The molecule has 3 nitrogen and oxygen atoms in total. The molecule has 1 aromatic rings. The van der Waals surface area contributed by atoms with Crippen LogP contribution in [0.15, 0.2) is 12.1 Å². The van der Waals surface area contributed by atoms with Gasteiger partial charge in [0.05, 0.1) is 0 Å². The van der Waals surface area contributed by atoms with Crippen molar-refractivity contribution in [2.45, 2.75) is 20.8 Å². The highest BCUT2D eigenvalue weighted by Gasteiger charge is 2.22. The molecule has 2 rings (SSSR count). The fraction of sp³-hybridized carbons (Fsp3) is 0.333. The molecule has 1 aliphatic heterocycles. The van der Waals surface area contributed by atoms with Gasteiger partial charge in [0.2, 0.25) is 0 Å². The Morgan fingerprint density at radius 1 is 1.00 bits per heavy atom. The van der Waals surface area contributed by atoms with Gasteiger partial charge < -0.3 is 12.3 Å². The predicted octanol–water partition coefficient (Wildman–Crippen LogP) is -0.900. The average Bonchev–Trinajstić information content (AvgIpc) is 2.27. The van der Waals surface area contributed by atoms with Gasteiger partial charge in [0.15, 0.2) is 0 Å². The van der Waals surface area contributed by atoms with Crippen molar-refractivity contribution >= 4 is 34.5 Å². The first-order valence-electron chi connectivity index (χ1n) is 5.08. The lowest BCUT2D eigenvalue weighted by Gasteiger charge is -2.24. The second-order valence-corrected chi connectivity index (χ2v) is 9.88. The maximum Gasteiger partial charge on any atom is 0.337 e. The lowest BCUT2D eigenvalue weighted by molar-refractivity contribution is 0.333. The van der Waals surface area contributed by atoms with Crippen molar-refractivity contribution in [3.8, 4) is 0 Å². The molecule has 0 saturated carbocycles. The van der Waals surface area contributed by atoms with Crippen LogP contribution in [0.4, 0.5) is 0 Å². The van der Waals surface area contributed by atoms with Gasteiger partial charge >= 0.3 is 9.28 Å². The first-order chi connectivity index (χ1) is 7.20. The number of rotatable bonds is 1. The van der Waals surface area contributed by atoms with Crippen molar-refractivity contribution in [1.82, 2.24) is 0 Å². The van der Waals surface area contributed by atoms with E-state index in [-0.39, 0.29) is 0 Å². The summed E-state index contributed by atoms with van der Waals surface area (Å²) in [6.07, 6.45) is 0. The third-order valence-electron chi connectivity index (χ3n) is 2.96. The molecule has 1 saturated heterocycles. The van der Waals surface area contributed by atoms with Gasteiger partial charge in [-0.05, 0) is 42.6 Å². The summed E-state index contributed by atoms with van der Waals surface area (Å²) >= 11 is 0. The van der Waals surface area contributed by atoms with Gasteiger partial charge in [-0.15, -0.1) is 0 Å². The highest BCUT2D eigenvalue weighted by atomic mass is 28.4. The predicted molar refractivity (Wildman–Crippen MR) is 67.8 cm³/mol. The topological polar surface area (TPSA) is 27.7 Å². The SMILES string of the molecule is Cc1ccc([SiH]2O[SiH2]O[SiH2]O2)c(C)c1C. The first-order valence-corrected chi connectivity index (χ1v) is 8.91. The first kappa shape index (κ1) is 11.2. The van der Waals surface area contributed by atoms with Crippen LogP contribution in [0.3, 0.4) is 0 Å². The molecular formula is C9H16O3Si3. The molecule has 0 spiro atoms. The van der Waals surface area contributed by atoms with Gasteiger partial charge in [0.1, 0.15) is 0 Å². The van der Waals surface area contributed by atoms with Crippen molar-refractivity contribution in [3.05, 3.63) is 28.8 Å². The summed E-state index contributed by atoms with van der Waals surface area (Å²) in [5.74, 6) is 0. The Kier molecular flexibility index (Phi) is 3.54. The van der Waals surface area contributed by atoms with E-state index in [1.165, 1.54) is 21.9 Å². The van der Waals surface area contributed by atoms with Crippen molar-refractivity contribution in [3.63, 3.8) is 0 Å². The number of hydrogen-bond donors (Lipinski definition) is 0. The molecule has 6 heteroatoms. The van der Waals surface area contributed by atoms with Crippen LogP contribution in [0.5, 0.6) is 0 Å². The quantitative estimate of drug-likeness (QED) is 0.610. The van der Waals surface area contributed by atoms with Crippen LogP contribution >= 0.6 is 0 Å². The van der Waals surface area contributed by atoms with E-state index in [1.54, 1.807) is 0 Å². The second kappa shape index (κ2) is 4.73. The van der Waals surface area contributed by atoms with Crippen molar-refractivity contribution in [2.75, 3.05) is 0 Å². The largest absolute Gasteiger partial charge is 0.425 e. The van der Waals surface area contributed by atoms with E-state index >= 15 is 0 Å². The minimum absolute atomic E-state index is 0.722. The molecule has 1 heterocycles. The van der Waals surface area contributed by atoms with E-state index in [2.05, 4.69) is 32.9 Å². The van der Waals surface area contributed by atoms with E-state index in [1.807, 2.05) is 0 Å². The molecular weight excluding hydrogens is 240 g/mol. The highest BCUT2D eigenvalue weighted by molar-refractivity contribution is 6.71. The molecule has 0 aromatic heterocycles. The molecule has 0 atom stereocenters. The summed E-state index contributed by atoms with van der Waals surface area (Å²) in [4.78, 5) is 0. The standard InChI is InChI=1S/C9H16O3Si3/c1-6-4-5-9(8(3)7(6)2)15-11-13-10-14-12-15/h4-5,15H,13-14H2,1-3H3. The number of benzene rings is 1. The van der Waals surface area contributed by atoms with Gasteiger partial charge in [-0.3, -0.25) is 0 Å². The molecule has 1 aromatic carbocycles. The van der Waals surface area contributed by atoms with Crippen LogP contribution in [0, 0.1) is 20.8 Å². The summed E-state index contributed by atoms with van der Waals surface area (Å²) in [5, 5.41) is 1.31. The van der Waals surface area contributed by atoms with E-state index < -0.39 is 29.3 Å². The van der Waals surface area contributed by atoms with Crippen LogP contribution in [0.25, 0.3) is 0 Å². The molecule has 82 valence electrons. The summed E-state index contributed by atoms with van der Waals surface area (Å²) in [6, 6.07) is 4.33. The van der Waals surface area contributed by atoms with Gasteiger partial charge in [0.25, 0.3) is 20.0 Å². The molecule has 1 aliphatic rings. The molecule has 0 unspecified atom stereocenters. The zero-order valence-corrected chi connectivity index (χ0v) is 13.4. The van der Waals surface area contributed by atoms with E-state index in [4.69, 9.17) is 12.3 Å². The lowest BCUT2D eigenvalue weighted by atomic mass is 10.1. The number of aryl methyl sites for hydroxylation is 1.